The van der Waals surface area contributed by atoms with E-state index in [1.165, 1.54) is 10.6 Å². The van der Waals surface area contributed by atoms with Gasteiger partial charge in [0.25, 0.3) is 5.56 Å². The van der Waals surface area contributed by atoms with Crippen molar-refractivity contribution in [3.8, 4) is 17.3 Å². The van der Waals surface area contributed by atoms with Gasteiger partial charge in [-0.15, -0.1) is 0 Å². The van der Waals surface area contributed by atoms with Gasteiger partial charge in [0.2, 0.25) is 0 Å². The zero-order valence-corrected chi connectivity index (χ0v) is 19.8. The fraction of sp³-hybridized carbons (Fsp3) is 0.115. The lowest BCUT2D eigenvalue weighted by Crippen LogP contribution is -2.17. The Morgan fingerprint density at radius 3 is 2.49 bits per heavy atom. The predicted octanol–water partition coefficient (Wildman–Crippen LogP) is 4.02. The monoisotopic (exact) mass is 484 g/mol. The normalized spacial score (nSPS) is 11.4. The van der Waals surface area contributed by atoms with Gasteiger partial charge >= 0.3 is 0 Å². The summed E-state index contributed by atoms with van der Waals surface area (Å²) in [5.41, 5.74) is 2.76. The molecule has 0 radical (unpaired) electrons. The maximum absolute atomic E-state index is 12.4. The van der Waals surface area contributed by atoms with Crippen molar-refractivity contribution in [3.05, 3.63) is 112 Å². The summed E-state index contributed by atoms with van der Waals surface area (Å²) in [4.78, 5) is 24.9. The molecule has 174 valence electrons. The van der Waals surface area contributed by atoms with Gasteiger partial charge in [-0.1, -0.05) is 29.8 Å². The van der Waals surface area contributed by atoms with Crippen LogP contribution in [-0.2, 0) is 14.1 Å². The lowest BCUT2D eigenvalue weighted by Gasteiger charge is -2.15. The number of aromatic nitrogens is 5. The van der Waals surface area contributed by atoms with E-state index in [9.17, 15) is 9.90 Å². The van der Waals surface area contributed by atoms with Crippen LogP contribution in [0.15, 0.2) is 84.3 Å². The van der Waals surface area contributed by atoms with E-state index in [2.05, 4.69) is 15.0 Å². The van der Waals surface area contributed by atoms with Gasteiger partial charge in [0.1, 0.15) is 23.5 Å². The zero-order valence-electron chi connectivity index (χ0n) is 19.0. The van der Waals surface area contributed by atoms with Crippen molar-refractivity contribution in [2.75, 3.05) is 0 Å². The highest BCUT2D eigenvalue weighted by Gasteiger charge is 2.16. The molecule has 0 aliphatic rings. The van der Waals surface area contributed by atoms with E-state index >= 15 is 0 Å². The van der Waals surface area contributed by atoms with Crippen molar-refractivity contribution < 1.29 is 5.11 Å². The van der Waals surface area contributed by atoms with Gasteiger partial charge in [-0.25, -0.2) is 15.0 Å². The molecule has 0 saturated heterocycles. The molecule has 0 bridgehead atoms. The lowest BCUT2D eigenvalue weighted by atomic mass is 10.00. The van der Waals surface area contributed by atoms with Gasteiger partial charge < -0.3 is 9.67 Å². The second-order valence-electron chi connectivity index (χ2n) is 7.80. The molecule has 4 heterocycles. The summed E-state index contributed by atoms with van der Waals surface area (Å²) in [7, 11) is 3.57. The Labute approximate surface area is 206 Å². The maximum Gasteiger partial charge on any atom is 0.252 e. The Bertz CT molecular complexity index is 1570. The summed E-state index contributed by atoms with van der Waals surface area (Å²) in [5.74, 6) is 0. The third kappa shape index (κ3) is 5.27. The Morgan fingerprint density at radius 2 is 1.86 bits per heavy atom. The second-order valence-corrected chi connectivity index (χ2v) is 8.23. The van der Waals surface area contributed by atoms with Crippen LogP contribution in [0, 0.1) is 11.3 Å². The number of pyridine rings is 3. The molecule has 0 saturated carbocycles. The smallest absolute Gasteiger partial charge is 0.252 e. The zero-order chi connectivity index (χ0) is 24.9. The summed E-state index contributed by atoms with van der Waals surface area (Å²) < 4.78 is 3.32. The van der Waals surface area contributed by atoms with Crippen molar-refractivity contribution in [1.29, 1.82) is 5.26 Å². The van der Waals surface area contributed by atoms with E-state index < -0.39 is 6.10 Å². The maximum atomic E-state index is 12.4. The molecule has 0 spiro atoms. The fourth-order valence-corrected chi connectivity index (χ4v) is 3.64. The number of aliphatic hydroxyl groups excluding tert-OH is 1. The molecule has 0 aliphatic carbocycles. The highest BCUT2D eigenvalue weighted by Crippen LogP contribution is 2.29. The van der Waals surface area contributed by atoms with E-state index in [0.717, 1.165) is 0 Å². The summed E-state index contributed by atoms with van der Waals surface area (Å²) in [6.45, 7) is 0. The van der Waals surface area contributed by atoms with Crippen molar-refractivity contribution in [2.24, 2.45) is 14.1 Å². The van der Waals surface area contributed by atoms with E-state index in [-0.39, 0.29) is 11.3 Å². The summed E-state index contributed by atoms with van der Waals surface area (Å²) in [6, 6.07) is 17.2. The van der Waals surface area contributed by atoms with Crippen molar-refractivity contribution >= 4 is 22.6 Å². The van der Waals surface area contributed by atoms with Gasteiger partial charge in [-0.05, 0) is 35.9 Å². The van der Waals surface area contributed by atoms with Crippen LogP contribution in [0.25, 0.3) is 22.3 Å². The number of benzene rings is 1. The van der Waals surface area contributed by atoms with Crippen LogP contribution in [0.4, 0.5) is 0 Å². The highest BCUT2D eigenvalue weighted by molar-refractivity contribution is 6.30. The molecule has 5 aromatic rings. The fourth-order valence-electron chi connectivity index (χ4n) is 3.51. The number of hydrogen-bond acceptors (Lipinski definition) is 6. The van der Waals surface area contributed by atoms with E-state index in [0.29, 0.717) is 38.4 Å². The number of nitrogens with zero attached hydrogens (tertiary/aromatic N) is 6. The van der Waals surface area contributed by atoms with Gasteiger partial charge in [0, 0.05) is 60.3 Å². The predicted molar refractivity (Wildman–Crippen MR) is 134 cm³/mol. The number of aliphatic hydroxyl groups is 1. The third-order valence-electron chi connectivity index (χ3n) is 5.37. The minimum atomic E-state index is -0.910. The third-order valence-corrected chi connectivity index (χ3v) is 5.62. The molecule has 0 aliphatic heterocycles. The molecule has 1 N–H and O–H groups in total. The molecular weight excluding hydrogens is 464 g/mol. The van der Waals surface area contributed by atoms with Crippen LogP contribution < -0.4 is 5.56 Å². The van der Waals surface area contributed by atoms with E-state index in [4.69, 9.17) is 16.9 Å². The molecule has 9 heteroatoms. The molecular formula is C26H21ClN6O2. The average molecular weight is 485 g/mol. The van der Waals surface area contributed by atoms with Crippen molar-refractivity contribution in [3.63, 3.8) is 0 Å². The van der Waals surface area contributed by atoms with Gasteiger partial charge in [-0.2, -0.15) is 5.26 Å². The van der Waals surface area contributed by atoms with Gasteiger partial charge in [0.05, 0.1) is 12.0 Å². The number of rotatable bonds is 3. The van der Waals surface area contributed by atoms with E-state index in [1.807, 2.05) is 23.9 Å². The molecule has 35 heavy (non-hydrogen) atoms. The van der Waals surface area contributed by atoms with Crippen LogP contribution in [0.5, 0.6) is 0 Å². The van der Waals surface area contributed by atoms with Crippen LogP contribution >= 0.6 is 11.6 Å². The summed E-state index contributed by atoms with van der Waals surface area (Å²) >= 11 is 5.93. The topological polar surface area (TPSA) is 110 Å². The average Bonchev–Trinajstić information content (AvgIpc) is 3.37. The molecule has 1 atom stereocenters. The largest absolute Gasteiger partial charge is 0.384 e. The number of nitriles is 1. The standard InChI is InChI=1S/C22H15ClN4O2.C4H6N2/c1-27-20(28)10-17(19-4-2-3-16(11-24)26-19)18-9-14(12-25-22(18)27)21(29)13-5-7-15(23)8-6-13;1-6-3-2-5-4-6/h2-10,12,21,29H,1H3;2-4H,1H3. The number of hydrogen-bond donors (Lipinski definition) is 1. The molecule has 5 rings (SSSR count). The summed E-state index contributed by atoms with van der Waals surface area (Å²) in [5, 5.41) is 21.2. The van der Waals surface area contributed by atoms with Crippen LogP contribution in [0.3, 0.4) is 0 Å². The van der Waals surface area contributed by atoms with Gasteiger partial charge in [0.15, 0.2) is 0 Å². The molecule has 4 aromatic heterocycles. The number of halogens is 1. The minimum Gasteiger partial charge on any atom is -0.384 e. The molecule has 1 unspecified atom stereocenters. The Hall–Kier alpha value is -4.32. The van der Waals surface area contributed by atoms with Crippen molar-refractivity contribution in [1.82, 2.24) is 24.1 Å². The van der Waals surface area contributed by atoms with Crippen LogP contribution in [-0.4, -0.2) is 29.2 Å². The SMILES string of the molecule is Cn1c(=O)cc(-c2cccc(C#N)n2)c2cc(C(O)c3ccc(Cl)cc3)cnc21.Cn1ccnc1. The van der Waals surface area contributed by atoms with Crippen LogP contribution in [0.2, 0.25) is 5.02 Å². The second kappa shape index (κ2) is 10.3. The van der Waals surface area contributed by atoms with Crippen LogP contribution in [0.1, 0.15) is 22.9 Å². The minimum absolute atomic E-state index is 0.241. The Balaban J connectivity index is 0.000000421. The lowest BCUT2D eigenvalue weighted by molar-refractivity contribution is 0.220. The first-order valence-electron chi connectivity index (χ1n) is 10.6. The van der Waals surface area contributed by atoms with Crippen molar-refractivity contribution in [2.45, 2.75) is 6.10 Å². The first-order valence-corrected chi connectivity index (χ1v) is 11.0. The Morgan fingerprint density at radius 1 is 1.09 bits per heavy atom. The molecule has 1 aromatic carbocycles. The van der Waals surface area contributed by atoms with E-state index in [1.54, 1.807) is 74.3 Å². The number of imidazole rings is 1. The Kier molecular flexibility index (Phi) is 7.01. The van der Waals surface area contributed by atoms with Gasteiger partial charge in [-0.3, -0.25) is 9.36 Å². The molecule has 0 amide bonds. The molecule has 8 nitrogen and oxygen atoms in total. The quantitative estimate of drug-likeness (QED) is 0.414. The number of fused-ring (bicyclic) bond motifs is 1. The number of aryl methyl sites for hydroxylation is 2. The first kappa shape index (κ1) is 23.8. The summed E-state index contributed by atoms with van der Waals surface area (Å²) in [6.07, 6.45) is 6.02. The molecule has 0 fully saturated rings. The first-order chi connectivity index (χ1) is 16.9. The highest BCUT2D eigenvalue weighted by atomic mass is 35.5.